The van der Waals surface area contributed by atoms with E-state index in [0.29, 0.717) is 6.42 Å². The van der Waals surface area contributed by atoms with Crippen molar-refractivity contribution in [1.29, 1.82) is 0 Å². The summed E-state index contributed by atoms with van der Waals surface area (Å²) < 4.78 is 5.02. The van der Waals surface area contributed by atoms with Gasteiger partial charge < -0.3 is 14.9 Å². The number of allylic oxidation sites excluding steroid dienone is 1. The van der Waals surface area contributed by atoms with E-state index in [2.05, 4.69) is 17.1 Å². The van der Waals surface area contributed by atoms with Crippen LogP contribution in [0, 0.1) is 0 Å². The average Bonchev–Trinajstić information content (AvgIpc) is 2.94. The van der Waals surface area contributed by atoms with Gasteiger partial charge in [0.2, 0.25) is 5.76 Å². The molecule has 0 saturated heterocycles. The molecule has 0 aromatic carbocycles. The van der Waals surface area contributed by atoms with Crippen LogP contribution in [0.4, 0.5) is 0 Å². The van der Waals surface area contributed by atoms with E-state index in [1.807, 2.05) is 13.8 Å². The van der Waals surface area contributed by atoms with Crippen LogP contribution in [0.5, 0.6) is 0 Å². The van der Waals surface area contributed by atoms with Crippen LogP contribution in [0.2, 0.25) is 0 Å². The Balaban J connectivity index is 2.74. The van der Waals surface area contributed by atoms with Gasteiger partial charge in [0.05, 0.1) is 5.69 Å². The summed E-state index contributed by atoms with van der Waals surface area (Å²) in [5.74, 6) is -1.35. The van der Waals surface area contributed by atoms with Crippen molar-refractivity contribution in [3.63, 3.8) is 0 Å². The monoisotopic (exact) mass is 294 g/mol. The number of carbonyl (C=O) groups is 2. The molecule has 6 nitrogen and oxygen atoms in total. The lowest BCUT2D eigenvalue weighted by molar-refractivity contribution is -0.139. The van der Waals surface area contributed by atoms with E-state index in [0.717, 1.165) is 18.5 Å². The number of hydrogen-bond acceptors (Lipinski definition) is 4. The van der Waals surface area contributed by atoms with Gasteiger partial charge in [-0.1, -0.05) is 25.1 Å². The lowest BCUT2D eigenvalue weighted by atomic mass is 9.99. The largest absolute Gasteiger partial charge is 0.480 e. The van der Waals surface area contributed by atoms with Crippen LogP contribution in [-0.2, 0) is 4.79 Å². The van der Waals surface area contributed by atoms with Crippen LogP contribution in [0.25, 0.3) is 0 Å². The Hall–Kier alpha value is -2.11. The van der Waals surface area contributed by atoms with Gasteiger partial charge in [0.25, 0.3) is 5.91 Å². The molecule has 1 rings (SSSR count). The van der Waals surface area contributed by atoms with Crippen molar-refractivity contribution in [2.75, 3.05) is 0 Å². The second kappa shape index (κ2) is 8.24. The first-order valence-electron chi connectivity index (χ1n) is 7.14. The lowest BCUT2D eigenvalue weighted by Gasteiger charge is -2.11. The Morgan fingerprint density at radius 1 is 1.48 bits per heavy atom. The van der Waals surface area contributed by atoms with Gasteiger partial charge in [-0.05, 0) is 25.7 Å². The van der Waals surface area contributed by atoms with Crippen molar-refractivity contribution in [3.05, 3.63) is 30.2 Å². The fourth-order valence-corrected chi connectivity index (χ4v) is 2.07. The molecule has 0 bridgehead atoms. The third-order valence-electron chi connectivity index (χ3n) is 3.42. The van der Waals surface area contributed by atoms with Crippen LogP contribution in [0.1, 0.15) is 61.7 Å². The molecule has 1 amide bonds. The number of carbonyl (C=O) groups excluding carboxylic acids is 1. The highest BCUT2D eigenvalue weighted by Crippen LogP contribution is 2.22. The molecule has 0 saturated carbocycles. The fourth-order valence-electron chi connectivity index (χ4n) is 2.07. The quantitative estimate of drug-likeness (QED) is 0.683. The molecule has 1 atom stereocenters. The summed E-state index contributed by atoms with van der Waals surface area (Å²) in [7, 11) is 0. The molecule has 6 heteroatoms. The zero-order valence-corrected chi connectivity index (χ0v) is 12.5. The van der Waals surface area contributed by atoms with Crippen LogP contribution in [0.15, 0.2) is 23.2 Å². The third-order valence-corrected chi connectivity index (χ3v) is 3.42. The minimum atomic E-state index is -1.08. The maximum absolute atomic E-state index is 12.0. The van der Waals surface area contributed by atoms with Gasteiger partial charge in [-0.3, -0.25) is 4.79 Å². The van der Waals surface area contributed by atoms with Crippen LogP contribution in [0.3, 0.4) is 0 Å². The second-order valence-corrected chi connectivity index (χ2v) is 4.86. The number of aromatic nitrogens is 1. The number of carboxylic acid groups (broad SMARTS) is 1. The van der Waals surface area contributed by atoms with Gasteiger partial charge in [-0.2, -0.15) is 0 Å². The molecule has 0 aliphatic rings. The molecule has 1 aromatic rings. The maximum atomic E-state index is 12.0. The van der Waals surface area contributed by atoms with E-state index >= 15 is 0 Å². The summed E-state index contributed by atoms with van der Waals surface area (Å²) in [6.45, 7) is 7.62. The molecule has 0 aliphatic heterocycles. The maximum Gasteiger partial charge on any atom is 0.326 e. The van der Waals surface area contributed by atoms with E-state index in [-0.39, 0.29) is 18.1 Å². The predicted molar refractivity (Wildman–Crippen MR) is 78.1 cm³/mol. The van der Waals surface area contributed by atoms with Crippen molar-refractivity contribution in [1.82, 2.24) is 10.5 Å². The highest BCUT2D eigenvalue weighted by atomic mass is 16.5. The molecule has 0 aliphatic carbocycles. The van der Waals surface area contributed by atoms with Gasteiger partial charge in [0.15, 0.2) is 0 Å². The van der Waals surface area contributed by atoms with Gasteiger partial charge >= 0.3 is 5.97 Å². The number of aliphatic carboxylic acids is 1. The van der Waals surface area contributed by atoms with Crippen molar-refractivity contribution in [2.24, 2.45) is 0 Å². The molecular weight excluding hydrogens is 272 g/mol. The standard InChI is InChI=1S/C15H22N2O4/c1-4-7-8-11(15(19)20)16-14(18)13-9-12(17-21-13)10(5-2)6-3/h4,9-11H,1,5-8H2,2-3H3,(H,16,18)(H,19,20). The molecule has 0 spiro atoms. The summed E-state index contributed by atoms with van der Waals surface area (Å²) in [5.41, 5.74) is 0.725. The molecule has 21 heavy (non-hydrogen) atoms. The minimum Gasteiger partial charge on any atom is -0.480 e. The number of amides is 1. The van der Waals surface area contributed by atoms with Gasteiger partial charge in [-0.15, -0.1) is 6.58 Å². The molecule has 1 aromatic heterocycles. The van der Waals surface area contributed by atoms with Crippen molar-refractivity contribution >= 4 is 11.9 Å². The Labute approximate surface area is 124 Å². The van der Waals surface area contributed by atoms with Crippen LogP contribution in [-0.4, -0.2) is 28.2 Å². The van der Waals surface area contributed by atoms with E-state index < -0.39 is 17.9 Å². The zero-order chi connectivity index (χ0) is 15.8. The summed E-state index contributed by atoms with van der Waals surface area (Å²) in [6.07, 6.45) is 4.22. The molecule has 1 heterocycles. The SMILES string of the molecule is C=CCCC(NC(=O)c1cc(C(CC)CC)no1)C(=O)O. The number of nitrogens with one attached hydrogen (secondary N) is 1. The Kier molecular flexibility index (Phi) is 6.65. The van der Waals surface area contributed by atoms with E-state index in [9.17, 15) is 9.59 Å². The summed E-state index contributed by atoms with van der Waals surface area (Å²) in [5, 5.41) is 15.4. The number of carboxylic acids is 1. The molecule has 0 radical (unpaired) electrons. The van der Waals surface area contributed by atoms with Gasteiger partial charge in [0, 0.05) is 12.0 Å². The Morgan fingerprint density at radius 2 is 2.14 bits per heavy atom. The van der Waals surface area contributed by atoms with Crippen LogP contribution < -0.4 is 5.32 Å². The predicted octanol–water partition coefficient (Wildman–Crippen LogP) is 2.73. The van der Waals surface area contributed by atoms with Crippen LogP contribution >= 0.6 is 0 Å². The van der Waals surface area contributed by atoms with E-state index in [1.165, 1.54) is 0 Å². The van der Waals surface area contributed by atoms with Gasteiger partial charge in [-0.25, -0.2) is 4.79 Å². The van der Waals surface area contributed by atoms with Crippen molar-refractivity contribution in [3.8, 4) is 0 Å². The topological polar surface area (TPSA) is 92.4 Å². The first kappa shape index (κ1) is 16.9. The zero-order valence-electron chi connectivity index (χ0n) is 12.5. The minimum absolute atomic E-state index is 0.0433. The molecule has 1 unspecified atom stereocenters. The van der Waals surface area contributed by atoms with E-state index in [4.69, 9.17) is 9.63 Å². The first-order valence-corrected chi connectivity index (χ1v) is 7.14. The Bertz CT molecular complexity index is 492. The number of nitrogens with zero attached hydrogens (tertiary/aromatic N) is 1. The third kappa shape index (κ3) is 4.73. The summed E-state index contributed by atoms with van der Waals surface area (Å²) in [6, 6.07) is 0.622. The molecule has 0 fully saturated rings. The fraction of sp³-hybridized carbons (Fsp3) is 0.533. The van der Waals surface area contributed by atoms with Crippen molar-refractivity contribution in [2.45, 2.75) is 51.5 Å². The Morgan fingerprint density at radius 3 is 2.67 bits per heavy atom. The normalized spacial score (nSPS) is 12.1. The second-order valence-electron chi connectivity index (χ2n) is 4.86. The highest BCUT2D eigenvalue weighted by Gasteiger charge is 2.23. The lowest BCUT2D eigenvalue weighted by Crippen LogP contribution is -2.40. The summed E-state index contributed by atoms with van der Waals surface area (Å²) >= 11 is 0. The molecule has 116 valence electrons. The first-order chi connectivity index (χ1) is 10.0. The molecular formula is C15H22N2O4. The number of hydrogen-bond donors (Lipinski definition) is 2. The average molecular weight is 294 g/mol. The van der Waals surface area contributed by atoms with E-state index in [1.54, 1.807) is 12.1 Å². The van der Waals surface area contributed by atoms with Gasteiger partial charge in [0.1, 0.15) is 6.04 Å². The summed E-state index contributed by atoms with van der Waals surface area (Å²) in [4.78, 5) is 23.1. The van der Waals surface area contributed by atoms with Crippen molar-refractivity contribution < 1.29 is 19.2 Å². The number of rotatable bonds is 9. The molecule has 2 N–H and O–H groups in total. The smallest absolute Gasteiger partial charge is 0.326 e. The highest BCUT2D eigenvalue weighted by molar-refractivity contribution is 5.94.